The predicted molar refractivity (Wildman–Crippen MR) is 122 cm³/mol. The van der Waals surface area contributed by atoms with Crippen LogP contribution in [-0.2, 0) is 28.4 Å². The fourth-order valence-electron chi connectivity index (χ4n) is 4.15. The fraction of sp³-hybridized carbons (Fsp3) is 0.391. The molecule has 0 aliphatic carbocycles. The number of hydrogen-bond donors (Lipinski definition) is 1. The van der Waals surface area contributed by atoms with E-state index in [4.69, 9.17) is 9.15 Å². The van der Waals surface area contributed by atoms with Crippen LogP contribution in [0.2, 0.25) is 0 Å². The number of para-hydroxylation sites is 1. The number of nitrogens with one attached hydrogen (secondary N) is 1. The molecule has 1 aliphatic rings. The van der Waals surface area contributed by atoms with Crippen molar-refractivity contribution >= 4 is 27.0 Å². The van der Waals surface area contributed by atoms with Gasteiger partial charge in [-0.05, 0) is 37.0 Å². The van der Waals surface area contributed by atoms with E-state index in [1.54, 1.807) is 20.2 Å². The number of piperidine rings is 1. The molecule has 3 aromatic rings. The highest BCUT2D eigenvalue weighted by Gasteiger charge is 2.30. The Kier molecular flexibility index (Phi) is 6.57. The number of amides is 1. The van der Waals surface area contributed by atoms with Gasteiger partial charge in [-0.1, -0.05) is 18.2 Å². The molecule has 9 nitrogen and oxygen atoms in total. The average molecular weight is 474 g/mol. The van der Waals surface area contributed by atoms with Crippen LogP contribution in [0, 0.1) is 5.92 Å². The first kappa shape index (κ1) is 23.1. The van der Waals surface area contributed by atoms with Crippen LogP contribution in [0.4, 0.5) is 0 Å². The highest BCUT2D eigenvalue weighted by molar-refractivity contribution is 7.89. The number of aromatic nitrogens is 1. The zero-order valence-electron chi connectivity index (χ0n) is 18.6. The van der Waals surface area contributed by atoms with E-state index in [-0.39, 0.29) is 22.3 Å². The van der Waals surface area contributed by atoms with Gasteiger partial charge in [-0.2, -0.15) is 4.31 Å². The molecule has 10 heteroatoms. The van der Waals surface area contributed by atoms with Crippen molar-refractivity contribution in [1.82, 2.24) is 14.2 Å². The van der Waals surface area contributed by atoms with Crippen LogP contribution in [0.15, 0.2) is 56.6 Å². The van der Waals surface area contributed by atoms with Crippen molar-refractivity contribution in [2.45, 2.75) is 30.7 Å². The maximum absolute atomic E-state index is 13.1. The summed E-state index contributed by atoms with van der Waals surface area (Å²) in [5.41, 5.74) is 1.68. The van der Waals surface area contributed by atoms with E-state index >= 15 is 0 Å². The van der Waals surface area contributed by atoms with Crippen LogP contribution in [0.1, 0.15) is 24.8 Å². The second-order valence-corrected chi connectivity index (χ2v) is 10.1. The average Bonchev–Trinajstić information content (AvgIpc) is 3.11. The molecule has 1 fully saturated rings. The molecule has 0 atom stereocenters. The number of nitrogens with zero attached hydrogens (tertiary/aromatic N) is 2. The zero-order chi connectivity index (χ0) is 23.6. The van der Waals surface area contributed by atoms with Crippen LogP contribution in [0.25, 0.3) is 11.1 Å². The topological polar surface area (TPSA) is 111 Å². The molecule has 1 saturated heterocycles. The molecule has 33 heavy (non-hydrogen) atoms. The summed E-state index contributed by atoms with van der Waals surface area (Å²) in [6, 6.07) is 12.0. The Labute approximate surface area is 192 Å². The van der Waals surface area contributed by atoms with E-state index in [1.807, 2.05) is 24.3 Å². The molecule has 2 aromatic carbocycles. The third-order valence-corrected chi connectivity index (χ3v) is 8.01. The summed E-state index contributed by atoms with van der Waals surface area (Å²) >= 11 is 0. The van der Waals surface area contributed by atoms with Crippen LogP contribution < -0.4 is 15.8 Å². The molecule has 0 saturated carbocycles. The largest absolute Gasteiger partial charge is 0.496 e. The first-order valence-corrected chi connectivity index (χ1v) is 12.2. The highest BCUT2D eigenvalue weighted by atomic mass is 32.2. The monoisotopic (exact) mass is 473 g/mol. The minimum absolute atomic E-state index is 0.0632. The summed E-state index contributed by atoms with van der Waals surface area (Å²) in [5, 5.41) is 2.92. The minimum atomic E-state index is -3.72. The van der Waals surface area contributed by atoms with E-state index in [2.05, 4.69) is 5.32 Å². The van der Waals surface area contributed by atoms with Crippen molar-refractivity contribution in [2.24, 2.45) is 13.0 Å². The molecule has 176 valence electrons. The lowest BCUT2D eigenvalue weighted by atomic mass is 9.94. The van der Waals surface area contributed by atoms with E-state index in [9.17, 15) is 18.0 Å². The fourth-order valence-corrected chi connectivity index (χ4v) is 5.64. The Bertz CT molecular complexity index is 1320. The van der Waals surface area contributed by atoms with Gasteiger partial charge in [-0.3, -0.25) is 9.36 Å². The summed E-state index contributed by atoms with van der Waals surface area (Å²) in [4.78, 5) is 24.2. The molecule has 0 unspecified atom stereocenters. The van der Waals surface area contributed by atoms with E-state index in [0.717, 1.165) is 11.3 Å². The van der Waals surface area contributed by atoms with Gasteiger partial charge in [0.2, 0.25) is 15.9 Å². The van der Waals surface area contributed by atoms with E-state index < -0.39 is 15.8 Å². The van der Waals surface area contributed by atoms with Gasteiger partial charge in [-0.25, -0.2) is 13.2 Å². The van der Waals surface area contributed by atoms with Crippen LogP contribution in [0.3, 0.4) is 0 Å². The predicted octanol–water partition coefficient (Wildman–Crippen LogP) is 2.25. The van der Waals surface area contributed by atoms with E-state index in [0.29, 0.717) is 44.4 Å². The Morgan fingerprint density at radius 2 is 1.91 bits per heavy atom. The Morgan fingerprint density at radius 3 is 2.64 bits per heavy atom. The maximum Gasteiger partial charge on any atom is 0.419 e. The SMILES string of the molecule is COc1ccccc1CNC(=O)CC1CCN(S(=O)(=O)c2ccc3c(c2)oc(=O)n3C)CC1. The first-order chi connectivity index (χ1) is 15.8. The summed E-state index contributed by atoms with van der Waals surface area (Å²) in [6.07, 6.45) is 1.55. The number of rotatable bonds is 7. The molecule has 0 radical (unpaired) electrons. The normalized spacial score (nSPS) is 15.6. The smallest absolute Gasteiger partial charge is 0.419 e. The molecule has 4 rings (SSSR count). The summed E-state index contributed by atoms with van der Waals surface area (Å²) in [6.45, 7) is 1.06. The van der Waals surface area contributed by atoms with Gasteiger partial charge >= 0.3 is 5.76 Å². The van der Waals surface area contributed by atoms with Crippen LogP contribution >= 0.6 is 0 Å². The summed E-state index contributed by atoms with van der Waals surface area (Å²) in [5.74, 6) is 0.240. The van der Waals surface area contributed by atoms with Crippen LogP contribution in [-0.4, -0.2) is 43.4 Å². The number of aryl methyl sites for hydroxylation is 1. The van der Waals surface area contributed by atoms with Crippen molar-refractivity contribution in [3.8, 4) is 5.75 Å². The van der Waals surface area contributed by atoms with Gasteiger partial charge in [0.15, 0.2) is 5.58 Å². The zero-order valence-corrected chi connectivity index (χ0v) is 19.4. The summed E-state index contributed by atoms with van der Waals surface area (Å²) in [7, 11) is -0.553. The molecule has 0 spiro atoms. The van der Waals surface area contributed by atoms with Gasteiger partial charge in [0.25, 0.3) is 0 Å². The van der Waals surface area contributed by atoms with Gasteiger partial charge in [0, 0.05) is 44.7 Å². The Morgan fingerprint density at radius 1 is 1.18 bits per heavy atom. The summed E-state index contributed by atoms with van der Waals surface area (Å²) < 4.78 is 39.3. The first-order valence-electron chi connectivity index (χ1n) is 10.8. The van der Waals surface area contributed by atoms with Crippen molar-refractivity contribution in [1.29, 1.82) is 0 Å². The lowest BCUT2D eigenvalue weighted by Gasteiger charge is -2.31. The van der Waals surface area contributed by atoms with Crippen molar-refractivity contribution < 1.29 is 22.4 Å². The van der Waals surface area contributed by atoms with Crippen molar-refractivity contribution in [3.63, 3.8) is 0 Å². The second-order valence-electron chi connectivity index (χ2n) is 8.20. The van der Waals surface area contributed by atoms with Crippen molar-refractivity contribution in [2.75, 3.05) is 20.2 Å². The van der Waals surface area contributed by atoms with E-state index in [1.165, 1.54) is 21.0 Å². The molecule has 1 N–H and O–H groups in total. The number of ether oxygens (including phenoxy) is 1. The second kappa shape index (κ2) is 9.40. The van der Waals surface area contributed by atoms with Crippen molar-refractivity contribution in [3.05, 3.63) is 58.6 Å². The number of fused-ring (bicyclic) bond motifs is 1. The number of oxazole rings is 1. The lowest BCUT2D eigenvalue weighted by molar-refractivity contribution is -0.122. The molecule has 1 amide bonds. The number of hydrogen-bond acceptors (Lipinski definition) is 6. The molecular formula is C23H27N3O6S. The van der Waals surface area contributed by atoms with Gasteiger partial charge in [0.1, 0.15) is 5.75 Å². The quantitative estimate of drug-likeness (QED) is 0.564. The highest BCUT2D eigenvalue weighted by Crippen LogP contribution is 2.27. The number of carbonyl (C=O) groups excluding carboxylic acids is 1. The lowest BCUT2D eigenvalue weighted by Crippen LogP contribution is -2.39. The standard InChI is InChI=1S/C23H27N3O6S/c1-25-19-8-7-18(14-21(19)32-23(25)28)33(29,30)26-11-9-16(10-12-26)13-22(27)24-15-17-5-3-4-6-20(17)31-2/h3-8,14,16H,9-13,15H2,1-2H3,(H,24,27). The number of sulfonamides is 1. The molecular weight excluding hydrogens is 446 g/mol. The third kappa shape index (κ3) is 4.81. The molecule has 1 aliphatic heterocycles. The minimum Gasteiger partial charge on any atom is -0.496 e. The number of methoxy groups -OCH3 is 1. The molecule has 1 aromatic heterocycles. The number of carbonyl (C=O) groups is 1. The Hall–Kier alpha value is -3.11. The third-order valence-electron chi connectivity index (χ3n) is 6.12. The number of benzene rings is 2. The van der Waals surface area contributed by atoms with Crippen LogP contribution in [0.5, 0.6) is 5.75 Å². The molecule has 0 bridgehead atoms. The van der Waals surface area contributed by atoms with Gasteiger partial charge in [-0.15, -0.1) is 0 Å². The van der Waals surface area contributed by atoms with Gasteiger partial charge < -0.3 is 14.5 Å². The Balaban J connectivity index is 1.33. The molecule has 2 heterocycles. The van der Waals surface area contributed by atoms with Gasteiger partial charge in [0.05, 0.1) is 17.5 Å². The maximum atomic E-state index is 13.1.